The lowest BCUT2D eigenvalue weighted by molar-refractivity contribution is 0.498. The molecule has 2 rings (SSSR count). The van der Waals surface area contributed by atoms with Crippen molar-refractivity contribution in [3.8, 4) is 0 Å². The molecule has 0 amide bonds. The van der Waals surface area contributed by atoms with Gasteiger partial charge in [-0.15, -0.1) is 11.6 Å². The number of benzene rings is 2. The van der Waals surface area contributed by atoms with Crippen LogP contribution in [0.2, 0.25) is 5.02 Å². The molecule has 0 saturated carbocycles. The number of rotatable bonds is 3. The van der Waals surface area contributed by atoms with E-state index in [2.05, 4.69) is 0 Å². The van der Waals surface area contributed by atoms with Crippen LogP contribution in [-0.2, 0) is 6.42 Å². The minimum absolute atomic E-state index is 0.0529. The maximum absolute atomic E-state index is 13.5. The van der Waals surface area contributed by atoms with Crippen molar-refractivity contribution in [2.24, 2.45) is 0 Å². The van der Waals surface area contributed by atoms with Gasteiger partial charge in [0, 0.05) is 0 Å². The lowest BCUT2D eigenvalue weighted by Crippen LogP contribution is -2.00. The summed E-state index contributed by atoms with van der Waals surface area (Å²) in [5.41, 5.74) is 0.720. The predicted molar refractivity (Wildman–Crippen MR) is 70.1 cm³/mol. The molecular weight excluding hydrogens is 296 g/mol. The van der Waals surface area contributed by atoms with Crippen LogP contribution < -0.4 is 0 Å². The number of alkyl halides is 1. The van der Waals surface area contributed by atoms with Crippen molar-refractivity contribution in [2.45, 2.75) is 11.8 Å². The Morgan fingerprint density at radius 1 is 1.00 bits per heavy atom. The summed E-state index contributed by atoms with van der Waals surface area (Å²) in [6.07, 6.45) is 0.0904. The Morgan fingerprint density at radius 2 is 1.74 bits per heavy atom. The highest BCUT2D eigenvalue weighted by atomic mass is 35.5. The Morgan fingerprint density at radius 3 is 2.42 bits per heavy atom. The van der Waals surface area contributed by atoms with E-state index >= 15 is 0 Å². The molecule has 2 aromatic rings. The molecule has 0 spiro atoms. The molecule has 1 unspecified atom stereocenters. The average molecular weight is 305 g/mol. The lowest BCUT2D eigenvalue weighted by atomic mass is 10.0. The molecule has 5 heteroatoms. The van der Waals surface area contributed by atoms with Gasteiger partial charge >= 0.3 is 0 Å². The van der Waals surface area contributed by atoms with E-state index in [-0.39, 0.29) is 17.0 Å². The van der Waals surface area contributed by atoms with E-state index < -0.39 is 22.8 Å². The molecule has 0 bridgehead atoms. The van der Waals surface area contributed by atoms with Gasteiger partial charge in [-0.2, -0.15) is 0 Å². The molecule has 0 fully saturated rings. The molecule has 0 N–H and O–H groups in total. The van der Waals surface area contributed by atoms with Gasteiger partial charge in [0.15, 0.2) is 11.6 Å². The molecule has 19 heavy (non-hydrogen) atoms. The molecule has 0 aromatic heterocycles. The molecule has 1 atom stereocenters. The fraction of sp³-hybridized carbons (Fsp3) is 0.143. The van der Waals surface area contributed by atoms with Gasteiger partial charge in [-0.1, -0.05) is 29.8 Å². The van der Waals surface area contributed by atoms with Crippen LogP contribution in [0.25, 0.3) is 0 Å². The highest BCUT2D eigenvalue weighted by molar-refractivity contribution is 6.31. The topological polar surface area (TPSA) is 0 Å². The summed E-state index contributed by atoms with van der Waals surface area (Å²) in [6, 6.07) is 7.95. The van der Waals surface area contributed by atoms with Crippen LogP contribution >= 0.6 is 23.2 Å². The zero-order valence-corrected chi connectivity index (χ0v) is 11.2. The number of hydrogen-bond acceptors (Lipinski definition) is 0. The van der Waals surface area contributed by atoms with Gasteiger partial charge in [-0.05, 0) is 35.7 Å². The molecule has 0 heterocycles. The van der Waals surface area contributed by atoms with Crippen molar-refractivity contribution in [1.82, 2.24) is 0 Å². The monoisotopic (exact) mass is 304 g/mol. The summed E-state index contributed by atoms with van der Waals surface area (Å²) in [6.45, 7) is 0. The highest BCUT2D eigenvalue weighted by Gasteiger charge is 2.15. The van der Waals surface area contributed by atoms with Crippen LogP contribution in [0.1, 0.15) is 16.5 Å². The van der Waals surface area contributed by atoms with E-state index in [9.17, 15) is 13.2 Å². The van der Waals surface area contributed by atoms with Crippen LogP contribution in [0, 0.1) is 17.5 Å². The first-order chi connectivity index (χ1) is 8.99. The SMILES string of the molecule is Fc1ccc(C(Cl)Cc2cccc(F)c2F)cc1Cl. The van der Waals surface area contributed by atoms with Gasteiger partial charge in [0.1, 0.15) is 5.82 Å². The molecule has 0 nitrogen and oxygen atoms in total. The van der Waals surface area contributed by atoms with Crippen molar-refractivity contribution in [3.05, 3.63) is 70.0 Å². The van der Waals surface area contributed by atoms with Crippen molar-refractivity contribution in [1.29, 1.82) is 0 Å². The first-order valence-corrected chi connectivity index (χ1v) is 6.32. The second-order valence-corrected chi connectivity index (χ2v) is 4.99. The molecular formula is C14H9Cl2F3. The minimum atomic E-state index is -0.918. The van der Waals surface area contributed by atoms with Crippen molar-refractivity contribution in [2.75, 3.05) is 0 Å². The molecule has 100 valence electrons. The molecule has 0 aliphatic heterocycles. The van der Waals surface area contributed by atoms with Gasteiger partial charge < -0.3 is 0 Å². The zero-order chi connectivity index (χ0) is 14.0. The van der Waals surface area contributed by atoms with Gasteiger partial charge in [-0.3, -0.25) is 0 Å². The third-order valence-electron chi connectivity index (χ3n) is 2.74. The lowest BCUT2D eigenvalue weighted by Gasteiger charge is -2.11. The van der Waals surface area contributed by atoms with E-state index in [0.29, 0.717) is 5.56 Å². The van der Waals surface area contributed by atoms with Crippen LogP contribution in [0.15, 0.2) is 36.4 Å². The van der Waals surface area contributed by atoms with Gasteiger partial charge in [0.25, 0.3) is 0 Å². The summed E-state index contributed by atoms with van der Waals surface area (Å²) in [4.78, 5) is 0. The first-order valence-electron chi connectivity index (χ1n) is 5.51. The summed E-state index contributed by atoms with van der Waals surface area (Å²) in [5.74, 6) is -2.38. The quantitative estimate of drug-likeness (QED) is 0.677. The summed E-state index contributed by atoms with van der Waals surface area (Å²) >= 11 is 11.8. The largest absolute Gasteiger partial charge is 0.205 e. The Kier molecular flexibility index (Phi) is 4.38. The number of halogens is 5. The van der Waals surface area contributed by atoms with Gasteiger partial charge in [-0.25, -0.2) is 13.2 Å². The molecule has 0 radical (unpaired) electrons. The Bertz CT molecular complexity index is 599. The smallest absolute Gasteiger partial charge is 0.162 e. The fourth-order valence-corrected chi connectivity index (χ4v) is 2.22. The second kappa shape index (κ2) is 5.85. The molecule has 0 saturated heterocycles. The van der Waals surface area contributed by atoms with Crippen LogP contribution in [0.4, 0.5) is 13.2 Å². The molecule has 2 aromatic carbocycles. The fourth-order valence-electron chi connectivity index (χ4n) is 1.72. The second-order valence-electron chi connectivity index (χ2n) is 4.06. The normalized spacial score (nSPS) is 12.5. The standard InChI is InChI=1S/C14H9Cl2F3/c15-10(8-4-5-12(17)11(16)6-8)7-9-2-1-3-13(18)14(9)19/h1-6,10H,7H2. The Hall–Kier alpha value is -1.19. The summed E-state index contributed by atoms with van der Waals surface area (Å²) in [5, 5.41) is -0.669. The average Bonchev–Trinajstić information content (AvgIpc) is 2.38. The van der Waals surface area contributed by atoms with Gasteiger partial charge in [0.05, 0.1) is 10.4 Å². The molecule has 0 aliphatic carbocycles. The predicted octanol–water partition coefficient (Wildman–Crippen LogP) is 5.28. The Labute approximate surface area is 118 Å². The summed E-state index contributed by atoms with van der Waals surface area (Å²) in [7, 11) is 0. The van der Waals surface area contributed by atoms with Crippen LogP contribution in [0.5, 0.6) is 0 Å². The maximum Gasteiger partial charge on any atom is 0.162 e. The van der Waals surface area contributed by atoms with Gasteiger partial charge in [0.2, 0.25) is 0 Å². The van der Waals surface area contributed by atoms with E-state index in [0.717, 1.165) is 6.07 Å². The van der Waals surface area contributed by atoms with Crippen molar-refractivity contribution >= 4 is 23.2 Å². The van der Waals surface area contributed by atoms with Crippen molar-refractivity contribution in [3.63, 3.8) is 0 Å². The van der Waals surface area contributed by atoms with E-state index in [1.807, 2.05) is 0 Å². The summed E-state index contributed by atoms with van der Waals surface area (Å²) < 4.78 is 39.6. The Balaban J connectivity index is 2.23. The van der Waals surface area contributed by atoms with E-state index in [1.54, 1.807) is 0 Å². The third-order valence-corrected chi connectivity index (χ3v) is 3.43. The molecule has 0 aliphatic rings. The zero-order valence-electron chi connectivity index (χ0n) is 9.64. The third kappa shape index (κ3) is 3.23. The minimum Gasteiger partial charge on any atom is -0.205 e. The van der Waals surface area contributed by atoms with Crippen LogP contribution in [0.3, 0.4) is 0 Å². The highest BCUT2D eigenvalue weighted by Crippen LogP contribution is 2.29. The van der Waals surface area contributed by atoms with Crippen LogP contribution in [-0.4, -0.2) is 0 Å². The van der Waals surface area contributed by atoms with Crippen molar-refractivity contribution < 1.29 is 13.2 Å². The van der Waals surface area contributed by atoms with E-state index in [1.165, 1.54) is 30.3 Å². The number of hydrogen-bond donors (Lipinski definition) is 0. The maximum atomic E-state index is 13.5. The van der Waals surface area contributed by atoms with E-state index in [4.69, 9.17) is 23.2 Å². The first kappa shape index (κ1) is 14.2.